The van der Waals surface area contributed by atoms with Gasteiger partial charge in [-0.1, -0.05) is 36.7 Å². The van der Waals surface area contributed by atoms with Gasteiger partial charge in [0.05, 0.1) is 17.7 Å². The van der Waals surface area contributed by atoms with Crippen molar-refractivity contribution in [3.05, 3.63) is 88.4 Å². The van der Waals surface area contributed by atoms with Gasteiger partial charge in [-0.15, -0.1) is 0 Å². The van der Waals surface area contributed by atoms with Gasteiger partial charge in [-0.2, -0.15) is 0 Å². The van der Waals surface area contributed by atoms with Gasteiger partial charge in [-0.3, -0.25) is 13.9 Å². The number of hydrogen-bond donors (Lipinski definition) is 1. The zero-order valence-electron chi connectivity index (χ0n) is 24.3. The average molecular weight is 600 g/mol. The first-order valence-corrected chi connectivity index (χ1v) is 15.3. The number of anilines is 1. The van der Waals surface area contributed by atoms with Crippen LogP contribution in [0.3, 0.4) is 0 Å². The van der Waals surface area contributed by atoms with E-state index in [4.69, 9.17) is 16.3 Å². The highest BCUT2D eigenvalue weighted by Gasteiger charge is 2.33. The van der Waals surface area contributed by atoms with Gasteiger partial charge in [0.25, 0.3) is 10.0 Å². The van der Waals surface area contributed by atoms with Crippen molar-refractivity contribution in [1.29, 1.82) is 0 Å². The summed E-state index contributed by atoms with van der Waals surface area (Å²) in [6.45, 7) is 8.89. The second-order valence-corrected chi connectivity index (χ2v) is 12.4. The van der Waals surface area contributed by atoms with E-state index in [0.29, 0.717) is 16.5 Å². The molecule has 0 bridgehead atoms. The summed E-state index contributed by atoms with van der Waals surface area (Å²) in [7, 11) is -2.61. The summed E-state index contributed by atoms with van der Waals surface area (Å²) in [5.74, 6) is -0.188. The molecule has 2 unspecified atom stereocenters. The SMILES string of the molecule is CCC(C)NC(=O)C(C)N(Cc1ccc(OC)cc1)C(=O)CN(c1ccc(C)c(C)c1)S(=O)(=O)c1ccc(Cl)cc1. The van der Waals surface area contributed by atoms with Crippen LogP contribution in [0.2, 0.25) is 5.02 Å². The normalized spacial score (nSPS) is 12.8. The molecule has 0 aromatic heterocycles. The molecule has 3 aromatic carbocycles. The van der Waals surface area contributed by atoms with Crippen molar-refractivity contribution in [1.82, 2.24) is 10.2 Å². The number of hydrogen-bond acceptors (Lipinski definition) is 5. The Balaban J connectivity index is 2.04. The third-order valence-electron chi connectivity index (χ3n) is 7.14. The number of sulfonamides is 1. The number of ether oxygens (including phenoxy) is 1. The molecule has 1 N–H and O–H groups in total. The lowest BCUT2D eigenvalue weighted by Gasteiger charge is -2.32. The molecule has 10 heteroatoms. The molecule has 0 saturated heterocycles. The quantitative estimate of drug-likeness (QED) is 0.297. The number of amides is 2. The van der Waals surface area contributed by atoms with Gasteiger partial charge in [0.1, 0.15) is 18.3 Å². The Kier molecular flexibility index (Phi) is 10.8. The third-order valence-corrected chi connectivity index (χ3v) is 9.18. The molecule has 2 atom stereocenters. The van der Waals surface area contributed by atoms with Gasteiger partial charge < -0.3 is 15.0 Å². The molecule has 0 heterocycles. The summed E-state index contributed by atoms with van der Waals surface area (Å²) < 4.78 is 34.2. The van der Waals surface area contributed by atoms with Crippen LogP contribution in [0, 0.1) is 13.8 Å². The summed E-state index contributed by atoms with van der Waals surface area (Å²) >= 11 is 6.01. The van der Waals surface area contributed by atoms with E-state index in [2.05, 4.69) is 5.32 Å². The fourth-order valence-electron chi connectivity index (χ4n) is 4.12. The minimum atomic E-state index is -4.17. The van der Waals surface area contributed by atoms with Crippen molar-refractivity contribution in [2.75, 3.05) is 18.0 Å². The Hall–Kier alpha value is -3.56. The summed E-state index contributed by atoms with van der Waals surface area (Å²) in [4.78, 5) is 28.6. The van der Waals surface area contributed by atoms with Crippen LogP contribution >= 0.6 is 11.6 Å². The zero-order valence-corrected chi connectivity index (χ0v) is 25.9. The fraction of sp³-hybridized carbons (Fsp3) is 0.355. The van der Waals surface area contributed by atoms with Crippen molar-refractivity contribution in [3.63, 3.8) is 0 Å². The van der Waals surface area contributed by atoms with Crippen LogP contribution in [-0.2, 0) is 26.2 Å². The number of halogens is 1. The zero-order chi connectivity index (χ0) is 30.3. The largest absolute Gasteiger partial charge is 0.497 e. The van der Waals surface area contributed by atoms with Gasteiger partial charge >= 0.3 is 0 Å². The maximum Gasteiger partial charge on any atom is 0.264 e. The molecule has 0 aliphatic carbocycles. The molecule has 41 heavy (non-hydrogen) atoms. The molecule has 3 aromatic rings. The van der Waals surface area contributed by atoms with Crippen molar-refractivity contribution in [3.8, 4) is 5.75 Å². The van der Waals surface area contributed by atoms with E-state index in [1.54, 1.807) is 38.3 Å². The molecule has 0 spiro atoms. The first-order valence-electron chi connectivity index (χ1n) is 13.5. The molecular weight excluding hydrogens is 562 g/mol. The highest BCUT2D eigenvalue weighted by molar-refractivity contribution is 7.92. The summed E-state index contributed by atoms with van der Waals surface area (Å²) in [5.41, 5.74) is 2.97. The molecule has 8 nitrogen and oxygen atoms in total. The highest BCUT2D eigenvalue weighted by atomic mass is 35.5. The lowest BCUT2D eigenvalue weighted by Crippen LogP contribution is -2.52. The maximum atomic E-state index is 14.0. The Bertz CT molecular complexity index is 1460. The number of aryl methyl sites for hydroxylation is 2. The predicted molar refractivity (Wildman–Crippen MR) is 163 cm³/mol. The molecule has 0 fully saturated rings. The third kappa shape index (κ3) is 8.01. The predicted octanol–water partition coefficient (Wildman–Crippen LogP) is 5.49. The minimum absolute atomic E-state index is 0.00260. The van der Waals surface area contributed by atoms with Gasteiger partial charge in [-0.25, -0.2) is 8.42 Å². The van der Waals surface area contributed by atoms with Crippen LogP contribution in [0.5, 0.6) is 5.75 Å². The van der Waals surface area contributed by atoms with Crippen LogP contribution in [-0.4, -0.2) is 50.9 Å². The Morgan fingerprint density at radius 3 is 2.15 bits per heavy atom. The lowest BCUT2D eigenvalue weighted by atomic mass is 10.1. The van der Waals surface area contributed by atoms with Crippen LogP contribution in [0.15, 0.2) is 71.6 Å². The number of nitrogens with one attached hydrogen (secondary N) is 1. The van der Waals surface area contributed by atoms with E-state index in [1.165, 1.54) is 29.2 Å². The molecule has 0 saturated carbocycles. The fourth-order valence-corrected chi connectivity index (χ4v) is 5.65. The molecule has 0 radical (unpaired) electrons. The molecule has 0 aliphatic rings. The van der Waals surface area contributed by atoms with Crippen molar-refractivity contribution in [2.24, 2.45) is 0 Å². The molecule has 0 aliphatic heterocycles. The summed E-state index contributed by atoms with van der Waals surface area (Å²) in [5, 5.41) is 3.32. The van der Waals surface area contributed by atoms with Crippen molar-refractivity contribution < 1.29 is 22.7 Å². The van der Waals surface area contributed by atoms with Gasteiger partial charge in [-0.05, 0) is 99.3 Å². The number of carbonyl (C=O) groups is 2. The van der Waals surface area contributed by atoms with Crippen LogP contribution < -0.4 is 14.4 Å². The number of benzene rings is 3. The first kappa shape index (κ1) is 32.0. The topological polar surface area (TPSA) is 96.0 Å². The van der Waals surface area contributed by atoms with Crippen LogP contribution in [0.25, 0.3) is 0 Å². The van der Waals surface area contributed by atoms with Gasteiger partial charge in [0, 0.05) is 17.6 Å². The molecule has 2 amide bonds. The smallest absolute Gasteiger partial charge is 0.264 e. The molecule has 3 rings (SSSR count). The number of carbonyl (C=O) groups excluding carboxylic acids is 2. The Morgan fingerprint density at radius 2 is 1.59 bits per heavy atom. The van der Waals surface area contributed by atoms with E-state index in [-0.39, 0.29) is 23.4 Å². The van der Waals surface area contributed by atoms with E-state index in [0.717, 1.165) is 27.4 Å². The van der Waals surface area contributed by atoms with Crippen molar-refractivity contribution >= 4 is 39.1 Å². The molecular formula is C31H38ClN3O5S. The average Bonchev–Trinajstić information content (AvgIpc) is 2.96. The van der Waals surface area contributed by atoms with Gasteiger partial charge in [0.15, 0.2) is 0 Å². The van der Waals surface area contributed by atoms with E-state index in [9.17, 15) is 18.0 Å². The standard InChI is InChI=1S/C31H38ClN3O5S/c1-7-23(4)33-31(37)24(5)34(19-25-9-14-28(40-6)15-10-25)30(36)20-35(27-13-8-21(2)22(3)18-27)41(38,39)29-16-11-26(32)12-17-29/h8-18,23-24H,7,19-20H2,1-6H3,(H,33,37). The van der Waals surface area contributed by atoms with Gasteiger partial charge in [0.2, 0.25) is 11.8 Å². The molecule has 220 valence electrons. The van der Waals surface area contributed by atoms with E-state index < -0.39 is 28.5 Å². The van der Waals surface area contributed by atoms with Crippen LogP contribution in [0.1, 0.15) is 43.9 Å². The number of rotatable bonds is 12. The first-order chi connectivity index (χ1) is 19.4. The lowest BCUT2D eigenvalue weighted by molar-refractivity contribution is -0.139. The highest BCUT2D eigenvalue weighted by Crippen LogP contribution is 2.27. The van der Waals surface area contributed by atoms with Crippen LogP contribution in [0.4, 0.5) is 5.69 Å². The summed E-state index contributed by atoms with van der Waals surface area (Å²) in [6, 6.07) is 17.3. The van der Waals surface area contributed by atoms with Crippen molar-refractivity contribution in [2.45, 2.75) is 64.6 Å². The Labute approximate surface area is 248 Å². The minimum Gasteiger partial charge on any atom is -0.497 e. The number of nitrogens with zero attached hydrogens (tertiary/aromatic N) is 2. The second-order valence-electron chi connectivity index (χ2n) is 10.1. The second kappa shape index (κ2) is 13.9. The monoisotopic (exact) mass is 599 g/mol. The Morgan fingerprint density at radius 1 is 0.951 bits per heavy atom. The summed E-state index contributed by atoms with van der Waals surface area (Å²) in [6.07, 6.45) is 0.727. The number of methoxy groups -OCH3 is 1. The van der Waals surface area contributed by atoms with E-state index in [1.807, 2.05) is 45.9 Å². The van der Waals surface area contributed by atoms with E-state index >= 15 is 0 Å². The maximum absolute atomic E-state index is 14.0.